The lowest BCUT2D eigenvalue weighted by molar-refractivity contribution is 0.447. The van der Waals surface area contributed by atoms with Gasteiger partial charge in [-0.15, -0.1) is 0 Å². The third kappa shape index (κ3) is 5.32. The van der Waals surface area contributed by atoms with Gasteiger partial charge in [0.25, 0.3) is 0 Å². The fourth-order valence-electron chi connectivity index (χ4n) is 11.2. The van der Waals surface area contributed by atoms with E-state index in [1.807, 2.05) is 12.1 Å². The third-order valence-electron chi connectivity index (χ3n) is 14.1. The Morgan fingerprint density at radius 2 is 0.864 bits per heavy atom. The van der Waals surface area contributed by atoms with Crippen LogP contribution in [-0.4, -0.2) is 0 Å². The van der Waals surface area contributed by atoms with E-state index in [9.17, 15) is 0 Å². The van der Waals surface area contributed by atoms with Gasteiger partial charge in [-0.05, 0) is 110 Å². The van der Waals surface area contributed by atoms with E-state index in [4.69, 9.17) is 9.15 Å². The van der Waals surface area contributed by atoms with Crippen molar-refractivity contribution in [1.29, 1.82) is 0 Å². The number of anilines is 3. The van der Waals surface area contributed by atoms with Crippen LogP contribution < -0.4 is 9.64 Å². The first-order valence-corrected chi connectivity index (χ1v) is 22.6. The molecule has 0 saturated heterocycles. The van der Waals surface area contributed by atoms with Crippen molar-refractivity contribution in [3.8, 4) is 44.9 Å². The molecule has 308 valence electrons. The van der Waals surface area contributed by atoms with Crippen LogP contribution in [0.15, 0.2) is 241 Å². The van der Waals surface area contributed by atoms with Crippen molar-refractivity contribution in [3.63, 3.8) is 0 Å². The number of furan rings is 1. The number of nitrogens with zero attached hydrogens (tertiary/aromatic N) is 1. The Bertz CT molecular complexity index is 3850. The molecule has 1 spiro atoms. The third-order valence-corrected chi connectivity index (χ3v) is 14.1. The number of ether oxygens (including phenoxy) is 1. The molecule has 1 aliphatic heterocycles. The molecule has 3 nitrogen and oxygen atoms in total. The first-order chi connectivity index (χ1) is 32.7. The van der Waals surface area contributed by atoms with E-state index in [2.05, 4.69) is 229 Å². The van der Waals surface area contributed by atoms with Crippen molar-refractivity contribution in [2.24, 2.45) is 0 Å². The van der Waals surface area contributed by atoms with E-state index < -0.39 is 5.41 Å². The maximum absolute atomic E-state index is 7.21. The van der Waals surface area contributed by atoms with Crippen LogP contribution in [0.4, 0.5) is 17.1 Å². The lowest BCUT2D eigenvalue weighted by Crippen LogP contribution is -2.32. The van der Waals surface area contributed by atoms with Crippen LogP contribution >= 0.6 is 0 Å². The van der Waals surface area contributed by atoms with Crippen LogP contribution in [0.25, 0.3) is 76.9 Å². The van der Waals surface area contributed by atoms with Gasteiger partial charge >= 0.3 is 0 Å². The zero-order valence-corrected chi connectivity index (χ0v) is 35.8. The lowest BCUT2D eigenvalue weighted by Gasteiger charge is -2.40. The fourth-order valence-corrected chi connectivity index (χ4v) is 11.2. The zero-order valence-electron chi connectivity index (χ0n) is 35.8. The molecule has 14 rings (SSSR count). The van der Waals surface area contributed by atoms with E-state index >= 15 is 0 Å². The topological polar surface area (TPSA) is 25.6 Å². The Balaban J connectivity index is 0.925. The molecule has 0 radical (unpaired) electrons. The number of hydrogen-bond donors (Lipinski definition) is 0. The zero-order chi connectivity index (χ0) is 43.3. The smallest absolute Gasteiger partial charge is 0.140 e. The Hall–Kier alpha value is -8.66. The number of para-hydroxylation sites is 2. The summed E-state index contributed by atoms with van der Waals surface area (Å²) in [4.78, 5) is 2.31. The highest BCUT2D eigenvalue weighted by atomic mass is 16.5. The molecule has 11 aromatic carbocycles. The number of hydrogen-bond acceptors (Lipinski definition) is 3. The predicted octanol–water partition coefficient (Wildman–Crippen LogP) is 17.2. The molecule has 0 atom stereocenters. The molecule has 66 heavy (non-hydrogen) atoms. The lowest BCUT2D eigenvalue weighted by atomic mass is 9.65. The average Bonchev–Trinajstić information content (AvgIpc) is 3.90. The summed E-state index contributed by atoms with van der Waals surface area (Å²) in [7, 11) is 0. The maximum Gasteiger partial charge on any atom is 0.140 e. The van der Waals surface area contributed by atoms with Gasteiger partial charge in [-0.2, -0.15) is 0 Å². The largest absolute Gasteiger partial charge is 0.456 e. The van der Waals surface area contributed by atoms with Gasteiger partial charge in [0.1, 0.15) is 22.7 Å². The molecular weight excluding hydrogens is 803 g/mol. The minimum Gasteiger partial charge on any atom is -0.456 e. The van der Waals surface area contributed by atoms with Gasteiger partial charge in [-0.25, -0.2) is 0 Å². The van der Waals surface area contributed by atoms with Crippen LogP contribution in [0, 0.1) is 0 Å². The summed E-state index contributed by atoms with van der Waals surface area (Å²) < 4.78 is 13.6. The van der Waals surface area contributed by atoms with Crippen LogP contribution in [-0.2, 0) is 5.41 Å². The summed E-state index contributed by atoms with van der Waals surface area (Å²) in [5.41, 5.74) is 16.3. The van der Waals surface area contributed by atoms with Gasteiger partial charge in [0.05, 0.1) is 5.41 Å². The van der Waals surface area contributed by atoms with Crippen LogP contribution in [0.3, 0.4) is 0 Å². The molecule has 0 saturated carbocycles. The fraction of sp³-hybridized carbons (Fsp3) is 0.0159. The molecule has 0 amide bonds. The second kappa shape index (κ2) is 14.2. The van der Waals surface area contributed by atoms with Crippen LogP contribution in [0.2, 0.25) is 0 Å². The molecule has 0 fully saturated rings. The summed E-state index contributed by atoms with van der Waals surface area (Å²) in [6, 6.07) is 85.7. The molecule has 0 unspecified atom stereocenters. The highest BCUT2D eigenvalue weighted by Crippen LogP contribution is 2.64. The standard InChI is InChI=1S/C63H39NO2/c1-2-19-46(20-3-1)64(48-31-33-54-53-25-9-11-27-59(53)65-60(54)39-48)47-21-13-18-44(37-47)42-16-12-17-43(36-42)45-28-32-52-51-24-8-10-26-55(51)63(58(52)38-45)56-34-29-40-14-4-6-22-49(40)61(56)66-62-50-23-7-5-15-41(50)30-35-57(62)63/h1-39H. The summed E-state index contributed by atoms with van der Waals surface area (Å²) in [6.07, 6.45) is 0. The number of benzene rings is 11. The molecule has 2 heterocycles. The van der Waals surface area contributed by atoms with Crippen molar-refractivity contribution in [1.82, 2.24) is 0 Å². The van der Waals surface area contributed by atoms with Crippen LogP contribution in [0.5, 0.6) is 11.5 Å². The van der Waals surface area contributed by atoms with E-state index in [0.717, 1.165) is 88.7 Å². The Morgan fingerprint density at radius 3 is 1.62 bits per heavy atom. The predicted molar refractivity (Wildman–Crippen MR) is 272 cm³/mol. The van der Waals surface area contributed by atoms with E-state index in [1.165, 1.54) is 38.9 Å². The summed E-state index contributed by atoms with van der Waals surface area (Å²) in [6.45, 7) is 0. The molecule has 1 aliphatic carbocycles. The first-order valence-electron chi connectivity index (χ1n) is 22.6. The number of rotatable bonds is 5. The molecule has 12 aromatic rings. The van der Waals surface area contributed by atoms with Crippen molar-refractivity contribution < 1.29 is 9.15 Å². The van der Waals surface area contributed by atoms with Crippen molar-refractivity contribution in [3.05, 3.63) is 259 Å². The Labute approximate surface area is 382 Å². The monoisotopic (exact) mass is 841 g/mol. The van der Waals surface area contributed by atoms with Gasteiger partial charge < -0.3 is 14.1 Å². The second-order valence-electron chi connectivity index (χ2n) is 17.6. The van der Waals surface area contributed by atoms with Crippen molar-refractivity contribution >= 4 is 60.5 Å². The van der Waals surface area contributed by atoms with Crippen LogP contribution in [0.1, 0.15) is 22.3 Å². The van der Waals surface area contributed by atoms with Gasteiger partial charge in [0, 0.05) is 55.8 Å². The quantitative estimate of drug-likeness (QED) is 0.173. The van der Waals surface area contributed by atoms with Gasteiger partial charge in [0.15, 0.2) is 0 Å². The van der Waals surface area contributed by atoms with Gasteiger partial charge in [0.2, 0.25) is 0 Å². The van der Waals surface area contributed by atoms with E-state index in [0.29, 0.717) is 0 Å². The maximum atomic E-state index is 7.21. The molecular formula is C63H39NO2. The summed E-state index contributed by atoms with van der Waals surface area (Å²) >= 11 is 0. The van der Waals surface area contributed by atoms with Crippen molar-refractivity contribution in [2.75, 3.05) is 4.90 Å². The average molecular weight is 842 g/mol. The summed E-state index contributed by atoms with van der Waals surface area (Å²) in [5.74, 6) is 1.85. The molecule has 0 bridgehead atoms. The minimum absolute atomic E-state index is 0.614. The van der Waals surface area contributed by atoms with E-state index in [-0.39, 0.29) is 0 Å². The SMILES string of the molecule is c1ccc(N(c2cccc(-c3cccc(-c4ccc5c(c4)C4(c6ccccc6-5)c5ccc6ccccc6c5Oc5c4ccc4ccccc54)c3)c2)c2ccc3c(c2)oc2ccccc23)cc1. The molecule has 2 aliphatic rings. The van der Waals surface area contributed by atoms with Gasteiger partial charge in [-0.1, -0.05) is 176 Å². The van der Waals surface area contributed by atoms with Gasteiger partial charge in [-0.3, -0.25) is 0 Å². The second-order valence-corrected chi connectivity index (χ2v) is 17.6. The normalized spacial score (nSPS) is 13.1. The summed E-state index contributed by atoms with van der Waals surface area (Å²) in [5, 5.41) is 6.80. The molecule has 0 N–H and O–H groups in total. The Morgan fingerprint density at radius 1 is 0.303 bits per heavy atom. The van der Waals surface area contributed by atoms with Crippen molar-refractivity contribution in [2.45, 2.75) is 5.41 Å². The molecule has 3 heteroatoms. The van der Waals surface area contributed by atoms with E-state index in [1.54, 1.807) is 0 Å². The highest BCUT2D eigenvalue weighted by molar-refractivity contribution is 6.06. The minimum atomic E-state index is -0.614. The first kappa shape index (κ1) is 36.8. The molecule has 1 aromatic heterocycles. The number of fused-ring (bicyclic) bond motifs is 16. The highest BCUT2D eigenvalue weighted by Gasteiger charge is 2.52. The Kier molecular flexibility index (Phi) is 7.90.